The summed E-state index contributed by atoms with van der Waals surface area (Å²) in [7, 11) is 0. The number of aryl methyl sites for hydroxylation is 1. The fraction of sp³-hybridized carbons (Fsp3) is 0.533. The number of carbonyl (C=O) groups is 1. The Morgan fingerprint density at radius 2 is 2.18 bits per heavy atom. The smallest absolute Gasteiger partial charge is 0.405 e. The van der Waals surface area contributed by atoms with E-state index in [0.717, 1.165) is 12.0 Å². The number of ether oxygens (including phenoxy) is 1. The molecule has 0 saturated carbocycles. The van der Waals surface area contributed by atoms with E-state index in [4.69, 9.17) is 0 Å². The van der Waals surface area contributed by atoms with Crippen molar-refractivity contribution >= 4 is 5.91 Å². The zero-order valence-corrected chi connectivity index (χ0v) is 12.2. The average molecular weight is 314 g/mol. The van der Waals surface area contributed by atoms with Crippen molar-refractivity contribution < 1.29 is 22.7 Å². The molecule has 0 bridgehead atoms. The van der Waals surface area contributed by atoms with Gasteiger partial charge in [-0.3, -0.25) is 4.79 Å². The molecular weight excluding hydrogens is 297 g/mol. The molecule has 0 radical (unpaired) electrons. The van der Waals surface area contributed by atoms with Crippen LogP contribution in [0, 0.1) is 0 Å². The number of carbonyl (C=O) groups excluding carboxylic acids is 1. The van der Waals surface area contributed by atoms with E-state index in [2.05, 4.69) is 10.1 Å². The Hall–Kier alpha value is -1.76. The van der Waals surface area contributed by atoms with Crippen molar-refractivity contribution in [2.45, 2.75) is 32.2 Å². The lowest BCUT2D eigenvalue weighted by molar-refractivity contribution is -0.274. The largest absolute Gasteiger partial charge is 0.573 e. The zero-order valence-electron chi connectivity index (χ0n) is 12.2. The number of amides is 1. The molecule has 1 amide bonds. The van der Waals surface area contributed by atoms with Crippen LogP contribution in [0.15, 0.2) is 12.1 Å². The number of alkyl halides is 3. The number of hydrogen-bond acceptors (Lipinski definition) is 3. The molecule has 2 heterocycles. The van der Waals surface area contributed by atoms with Crippen molar-refractivity contribution in [1.82, 2.24) is 10.2 Å². The molecule has 1 saturated heterocycles. The zero-order chi connectivity index (χ0) is 15.9. The molecule has 3 rings (SSSR count). The van der Waals surface area contributed by atoms with E-state index in [1.807, 2.05) is 13.0 Å². The average Bonchev–Trinajstić information content (AvgIpc) is 2.72. The van der Waals surface area contributed by atoms with Crippen molar-refractivity contribution in [3.63, 3.8) is 0 Å². The summed E-state index contributed by atoms with van der Waals surface area (Å²) < 4.78 is 42.1. The number of nitrogens with one attached hydrogen (secondary N) is 1. The van der Waals surface area contributed by atoms with E-state index >= 15 is 0 Å². The van der Waals surface area contributed by atoms with Gasteiger partial charge in [-0.15, -0.1) is 13.2 Å². The van der Waals surface area contributed by atoms with Gasteiger partial charge in [-0.05, 0) is 23.6 Å². The van der Waals surface area contributed by atoms with Crippen LogP contribution in [0.4, 0.5) is 13.2 Å². The quantitative estimate of drug-likeness (QED) is 0.932. The van der Waals surface area contributed by atoms with Crippen LogP contribution < -0.4 is 10.1 Å². The molecule has 0 spiro atoms. The second kappa shape index (κ2) is 5.46. The van der Waals surface area contributed by atoms with E-state index in [1.165, 1.54) is 6.07 Å². The van der Waals surface area contributed by atoms with Gasteiger partial charge in [0.05, 0.1) is 11.6 Å². The topological polar surface area (TPSA) is 41.6 Å². The van der Waals surface area contributed by atoms with E-state index in [-0.39, 0.29) is 23.3 Å². The molecule has 2 aliphatic rings. The summed E-state index contributed by atoms with van der Waals surface area (Å²) in [5.74, 6) is -0.739. The minimum atomic E-state index is -4.81. The number of halogens is 3. The van der Waals surface area contributed by atoms with Crippen LogP contribution in [-0.4, -0.2) is 36.8 Å². The maximum atomic E-state index is 12.7. The van der Waals surface area contributed by atoms with Gasteiger partial charge in [0.25, 0.3) is 5.91 Å². The summed E-state index contributed by atoms with van der Waals surface area (Å²) in [6.45, 7) is 3.65. The summed E-state index contributed by atoms with van der Waals surface area (Å²) in [6, 6.07) is 2.99. The second-order valence-corrected chi connectivity index (χ2v) is 5.57. The summed E-state index contributed by atoms with van der Waals surface area (Å²) in [4.78, 5) is 14.1. The van der Waals surface area contributed by atoms with Crippen LogP contribution in [0.3, 0.4) is 0 Å². The Bertz CT molecular complexity index is 601. The highest BCUT2D eigenvalue weighted by Gasteiger charge is 2.42. The van der Waals surface area contributed by atoms with Gasteiger partial charge in [0.2, 0.25) is 0 Å². The fourth-order valence-corrected chi connectivity index (χ4v) is 3.20. The predicted molar refractivity (Wildman–Crippen MR) is 73.8 cm³/mol. The molecule has 1 aromatic carbocycles. The van der Waals surface area contributed by atoms with E-state index in [9.17, 15) is 18.0 Å². The fourth-order valence-electron chi connectivity index (χ4n) is 3.20. The summed E-state index contributed by atoms with van der Waals surface area (Å²) in [5.41, 5.74) is 1.47. The Kier molecular flexibility index (Phi) is 3.76. The third-order valence-electron chi connectivity index (χ3n) is 4.03. The van der Waals surface area contributed by atoms with E-state index in [1.54, 1.807) is 4.90 Å². The van der Waals surface area contributed by atoms with Gasteiger partial charge in [-0.25, -0.2) is 0 Å². The number of piperazine rings is 1. The molecule has 1 N–H and O–H groups in total. The van der Waals surface area contributed by atoms with Gasteiger partial charge in [-0.2, -0.15) is 0 Å². The molecule has 120 valence electrons. The van der Waals surface area contributed by atoms with Crippen LogP contribution in [0.25, 0.3) is 0 Å². The molecular formula is C15H17F3N2O2. The molecule has 0 unspecified atom stereocenters. The predicted octanol–water partition coefficient (Wildman–Crippen LogP) is 2.64. The molecule has 0 aliphatic carbocycles. The lowest BCUT2D eigenvalue weighted by atomic mass is 9.98. The van der Waals surface area contributed by atoms with Crippen molar-refractivity contribution in [1.29, 1.82) is 0 Å². The van der Waals surface area contributed by atoms with Crippen LogP contribution >= 0.6 is 0 Å². The third-order valence-corrected chi connectivity index (χ3v) is 4.03. The molecule has 1 aromatic rings. The first-order chi connectivity index (χ1) is 10.4. The monoisotopic (exact) mass is 314 g/mol. The molecule has 4 nitrogen and oxygen atoms in total. The Labute approximate surface area is 126 Å². The standard InChI is InChI=1S/C15H17F3N2O2/c1-2-3-9-6-10-11-8-19-4-5-20(11)14(21)13(10)12(7-9)22-15(16,17)18/h6-7,11,19H,2-5,8H2,1H3/t11-/m0/s1. The first kappa shape index (κ1) is 15.1. The maximum Gasteiger partial charge on any atom is 0.573 e. The molecule has 22 heavy (non-hydrogen) atoms. The minimum absolute atomic E-state index is 0.0610. The van der Waals surface area contributed by atoms with Gasteiger partial charge >= 0.3 is 6.36 Å². The van der Waals surface area contributed by atoms with E-state index < -0.39 is 6.36 Å². The van der Waals surface area contributed by atoms with E-state index in [0.29, 0.717) is 31.6 Å². The highest BCUT2D eigenvalue weighted by molar-refractivity contribution is 6.02. The number of fused-ring (bicyclic) bond motifs is 3. The Balaban J connectivity index is 2.09. The first-order valence-electron chi connectivity index (χ1n) is 7.35. The van der Waals surface area contributed by atoms with Gasteiger partial charge in [0.15, 0.2) is 0 Å². The second-order valence-electron chi connectivity index (χ2n) is 5.57. The van der Waals surface area contributed by atoms with Crippen LogP contribution in [0.5, 0.6) is 5.75 Å². The molecule has 1 atom stereocenters. The number of nitrogens with zero attached hydrogens (tertiary/aromatic N) is 1. The van der Waals surface area contributed by atoms with Crippen molar-refractivity contribution in [3.05, 3.63) is 28.8 Å². The molecule has 7 heteroatoms. The molecule has 1 fully saturated rings. The van der Waals surface area contributed by atoms with Crippen LogP contribution in [-0.2, 0) is 6.42 Å². The SMILES string of the molecule is CCCc1cc(OC(F)(F)F)c2c(c1)[C@@H]1CNCCN1C2=O. The number of benzene rings is 1. The minimum Gasteiger partial charge on any atom is -0.405 e. The van der Waals surface area contributed by atoms with Crippen LogP contribution in [0.2, 0.25) is 0 Å². The first-order valence-corrected chi connectivity index (χ1v) is 7.35. The highest BCUT2D eigenvalue weighted by atomic mass is 19.4. The van der Waals surface area contributed by atoms with Gasteiger partial charge < -0.3 is 15.0 Å². The lowest BCUT2D eigenvalue weighted by Gasteiger charge is -2.30. The summed E-state index contributed by atoms with van der Waals surface area (Å²) >= 11 is 0. The maximum absolute atomic E-state index is 12.7. The Morgan fingerprint density at radius 3 is 2.86 bits per heavy atom. The van der Waals surface area contributed by atoms with Gasteiger partial charge in [0.1, 0.15) is 5.75 Å². The van der Waals surface area contributed by atoms with Crippen molar-refractivity contribution in [2.24, 2.45) is 0 Å². The number of hydrogen-bond donors (Lipinski definition) is 1. The van der Waals surface area contributed by atoms with Crippen molar-refractivity contribution in [3.8, 4) is 5.75 Å². The highest BCUT2D eigenvalue weighted by Crippen LogP contribution is 2.41. The third kappa shape index (κ3) is 2.65. The Morgan fingerprint density at radius 1 is 1.41 bits per heavy atom. The molecule has 0 aromatic heterocycles. The van der Waals surface area contributed by atoms with Crippen LogP contribution in [0.1, 0.15) is 40.9 Å². The summed E-state index contributed by atoms with van der Waals surface area (Å²) in [6.07, 6.45) is -3.35. The van der Waals surface area contributed by atoms with Crippen molar-refractivity contribution in [2.75, 3.05) is 19.6 Å². The van der Waals surface area contributed by atoms with Gasteiger partial charge in [0, 0.05) is 19.6 Å². The van der Waals surface area contributed by atoms with Gasteiger partial charge in [-0.1, -0.05) is 19.4 Å². The lowest BCUT2D eigenvalue weighted by Crippen LogP contribution is -2.44. The summed E-state index contributed by atoms with van der Waals surface area (Å²) in [5, 5.41) is 3.18. The normalized spacial score (nSPS) is 20.8. The number of rotatable bonds is 3. The molecule has 2 aliphatic heterocycles.